The first kappa shape index (κ1) is 13.1. The molecule has 0 saturated carbocycles. The Morgan fingerprint density at radius 1 is 1.56 bits per heavy atom. The van der Waals surface area contributed by atoms with E-state index in [4.69, 9.17) is 5.11 Å². The molecule has 0 bridgehead atoms. The van der Waals surface area contributed by atoms with Gasteiger partial charge >= 0.3 is 5.97 Å². The summed E-state index contributed by atoms with van der Waals surface area (Å²) in [5.74, 6) is -0.803. The molecule has 0 unspecified atom stereocenters. The van der Waals surface area contributed by atoms with Crippen LogP contribution in [0.3, 0.4) is 0 Å². The molecule has 1 aromatic heterocycles. The van der Waals surface area contributed by atoms with Gasteiger partial charge in [-0.3, -0.25) is 9.69 Å². The molecule has 0 aromatic carbocycles. The van der Waals surface area contributed by atoms with Gasteiger partial charge in [-0.05, 0) is 27.7 Å². The first-order valence-corrected chi connectivity index (χ1v) is 6.05. The van der Waals surface area contributed by atoms with Gasteiger partial charge in [-0.15, -0.1) is 11.3 Å². The lowest BCUT2D eigenvalue weighted by molar-refractivity contribution is -0.139. The monoisotopic (exact) mass is 242 g/mol. The fourth-order valence-corrected chi connectivity index (χ4v) is 2.12. The quantitative estimate of drug-likeness (QED) is 0.879. The number of hydrogen-bond donors (Lipinski definition) is 1. The molecule has 0 aliphatic rings. The number of carboxylic acid groups (broad SMARTS) is 1. The number of rotatable bonds is 4. The molecular formula is C11H18N2O2S. The minimum Gasteiger partial charge on any atom is -0.480 e. The van der Waals surface area contributed by atoms with Crippen LogP contribution in [0, 0.1) is 6.92 Å². The molecule has 0 aliphatic carbocycles. The summed E-state index contributed by atoms with van der Waals surface area (Å²) >= 11 is 1.58. The average Bonchev–Trinajstić information content (AvgIpc) is 2.47. The Labute approximate surface area is 99.9 Å². The zero-order valence-electron chi connectivity index (χ0n) is 10.1. The Balaban J connectivity index is 2.74. The highest BCUT2D eigenvalue weighted by Gasteiger charge is 2.24. The second kappa shape index (κ2) is 4.93. The predicted molar refractivity (Wildman–Crippen MR) is 64.6 cm³/mol. The third kappa shape index (κ3) is 3.90. The summed E-state index contributed by atoms with van der Waals surface area (Å²) < 4.78 is 0. The second-order valence-corrected chi connectivity index (χ2v) is 5.75. The molecular weight excluding hydrogens is 224 g/mol. The maximum atomic E-state index is 10.8. The molecule has 1 heterocycles. The van der Waals surface area contributed by atoms with Crippen LogP contribution in [-0.2, 0) is 11.3 Å². The van der Waals surface area contributed by atoms with E-state index in [1.54, 1.807) is 11.3 Å². The Hall–Kier alpha value is -0.940. The maximum Gasteiger partial charge on any atom is 0.317 e. The van der Waals surface area contributed by atoms with Crippen molar-refractivity contribution < 1.29 is 9.90 Å². The van der Waals surface area contributed by atoms with Crippen LogP contribution in [0.1, 0.15) is 31.5 Å². The lowest BCUT2D eigenvalue weighted by Gasteiger charge is -2.33. The molecule has 0 fully saturated rings. The molecule has 1 rings (SSSR count). The minimum absolute atomic E-state index is 0.0438. The standard InChI is InChI=1S/C11H18N2O2S/c1-8-7-16-9(12-8)5-13(6-10(14)15)11(2,3)4/h7H,5-6H2,1-4H3,(H,14,15). The molecule has 0 atom stereocenters. The highest BCUT2D eigenvalue weighted by Crippen LogP contribution is 2.19. The number of aliphatic carboxylic acids is 1. The van der Waals surface area contributed by atoms with Crippen LogP contribution in [0.25, 0.3) is 0 Å². The van der Waals surface area contributed by atoms with Gasteiger partial charge < -0.3 is 5.11 Å². The number of carboxylic acids is 1. The summed E-state index contributed by atoms with van der Waals surface area (Å²) in [5.41, 5.74) is 0.821. The summed E-state index contributed by atoms with van der Waals surface area (Å²) in [6.07, 6.45) is 0. The third-order valence-corrected chi connectivity index (χ3v) is 3.22. The van der Waals surface area contributed by atoms with Crippen molar-refractivity contribution in [1.82, 2.24) is 9.88 Å². The Morgan fingerprint density at radius 3 is 2.56 bits per heavy atom. The summed E-state index contributed by atoms with van der Waals surface area (Å²) in [4.78, 5) is 17.1. The molecule has 0 aliphatic heterocycles. The summed E-state index contributed by atoms with van der Waals surface area (Å²) in [7, 11) is 0. The number of aryl methyl sites for hydroxylation is 1. The molecule has 1 aromatic rings. The van der Waals surface area contributed by atoms with E-state index in [0.29, 0.717) is 6.54 Å². The van der Waals surface area contributed by atoms with E-state index in [2.05, 4.69) is 4.98 Å². The van der Waals surface area contributed by atoms with Crippen LogP contribution in [-0.4, -0.2) is 33.0 Å². The lowest BCUT2D eigenvalue weighted by Crippen LogP contribution is -2.43. The topological polar surface area (TPSA) is 53.4 Å². The van der Waals surface area contributed by atoms with Crippen LogP contribution in [0.2, 0.25) is 0 Å². The van der Waals surface area contributed by atoms with Crippen molar-refractivity contribution >= 4 is 17.3 Å². The number of carbonyl (C=O) groups is 1. The molecule has 16 heavy (non-hydrogen) atoms. The van der Waals surface area contributed by atoms with Crippen LogP contribution in [0.4, 0.5) is 0 Å². The van der Waals surface area contributed by atoms with Gasteiger partial charge in [-0.1, -0.05) is 0 Å². The van der Waals surface area contributed by atoms with Crippen molar-refractivity contribution in [1.29, 1.82) is 0 Å². The van der Waals surface area contributed by atoms with Gasteiger partial charge in [0, 0.05) is 16.6 Å². The minimum atomic E-state index is -0.803. The van der Waals surface area contributed by atoms with E-state index >= 15 is 0 Å². The zero-order valence-corrected chi connectivity index (χ0v) is 11.0. The molecule has 4 nitrogen and oxygen atoms in total. The molecule has 1 N–H and O–H groups in total. The van der Waals surface area contributed by atoms with Crippen molar-refractivity contribution in [3.63, 3.8) is 0 Å². The first-order chi connectivity index (χ1) is 7.29. The maximum absolute atomic E-state index is 10.8. The normalized spacial score (nSPS) is 12.1. The van der Waals surface area contributed by atoms with Gasteiger partial charge in [0.15, 0.2) is 0 Å². The SMILES string of the molecule is Cc1csc(CN(CC(=O)O)C(C)(C)C)n1. The summed E-state index contributed by atoms with van der Waals surface area (Å²) in [6, 6.07) is 0. The fraction of sp³-hybridized carbons (Fsp3) is 0.636. The van der Waals surface area contributed by atoms with Crippen molar-refractivity contribution in [2.45, 2.75) is 39.8 Å². The van der Waals surface area contributed by atoms with Crippen molar-refractivity contribution in [3.05, 3.63) is 16.1 Å². The van der Waals surface area contributed by atoms with Gasteiger partial charge in [-0.2, -0.15) is 0 Å². The van der Waals surface area contributed by atoms with E-state index < -0.39 is 5.97 Å². The zero-order chi connectivity index (χ0) is 12.3. The smallest absolute Gasteiger partial charge is 0.317 e. The van der Waals surface area contributed by atoms with Crippen molar-refractivity contribution in [3.8, 4) is 0 Å². The van der Waals surface area contributed by atoms with Crippen LogP contribution < -0.4 is 0 Å². The molecule has 0 amide bonds. The first-order valence-electron chi connectivity index (χ1n) is 5.17. The van der Waals surface area contributed by atoms with E-state index in [-0.39, 0.29) is 12.1 Å². The van der Waals surface area contributed by atoms with Gasteiger partial charge in [-0.25, -0.2) is 4.98 Å². The van der Waals surface area contributed by atoms with Gasteiger partial charge in [0.05, 0.1) is 13.1 Å². The number of nitrogens with zero attached hydrogens (tertiary/aromatic N) is 2. The van der Waals surface area contributed by atoms with E-state index in [1.165, 1.54) is 0 Å². The second-order valence-electron chi connectivity index (χ2n) is 4.80. The average molecular weight is 242 g/mol. The molecule has 90 valence electrons. The highest BCUT2D eigenvalue weighted by molar-refractivity contribution is 7.09. The number of hydrogen-bond acceptors (Lipinski definition) is 4. The van der Waals surface area contributed by atoms with Crippen molar-refractivity contribution in [2.24, 2.45) is 0 Å². The largest absolute Gasteiger partial charge is 0.480 e. The van der Waals surface area contributed by atoms with E-state index in [0.717, 1.165) is 10.7 Å². The van der Waals surface area contributed by atoms with E-state index in [1.807, 2.05) is 38.0 Å². The Bertz CT molecular complexity index is 368. The fourth-order valence-electron chi connectivity index (χ4n) is 1.33. The van der Waals surface area contributed by atoms with Crippen LogP contribution in [0.15, 0.2) is 5.38 Å². The third-order valence-electron chi connectivity index (χ3n) is 2.27. The molecule has 0 spiro atoms. The highest BCUT2D eigenvalue weighted by atomic mass is 32.1. The molecule has 0 saturated heterocycles. The van der Waals surface area contributed by atoms with Gasteiger partial charge in [0.1, 0.15) is 5.01 Å². The van der Waals surface area contributed by atoms with Crippen molar-refractivity contribution in [2.75, 3.05) is 6.54 Å². The van der Waals surface area contributed by atoms with Crippen LogP contribution >= 0.6 is 11.3 Å². The molecule has 5 heteroatoms. The van der Waals surface area contributed by atoms with Gasteiger partial charge in [0.2, 0.25) is 0 Å². The summed E-state index contributed by atoms with van der Waals surface area (Å²) in [5, 5.41) is 11.8. The Morgan fingerprint density at radius 2 is 2.19 bits per heavy atom. The number of thiazole rings is 1. The van der Waals surface area contributed by atoms with Crippen LogP contribution in [0.5, 0.6) is 0 Å². The number of aromatic nitrogens is 1. The lowest BCUT2D eigenvalue weighted by atomic mass is 10.1. The molecule has 0 radical (unpaired) electrons. The summed E-state index contributed by atoms with van der Waals surface area (Å²) in [6.45, 7) is 8.61. The Kier molecular flexibility index (Phi) is 4.04. The predicted octanol–water partition coefficient (Wildman–Crippen LogP) is 2.14. The van der Waals surface area contributed by atoms with E-state index in [9.17, 15) is 4.79 Å². The van der Waals surface area contributed by atoms with Gasteiger partial charge in [0.25, 0.3) is 0 Å².